The van der Waals surface area contributed by atoms with E-state index < -0.39 is 11.6 Å². The normalized spacial score (nSPS) is 29.3. The van der Waals surface area contributed by atoms with Gasteiger partial charge in [-0.15, -0.1) is 0 Å². The van der Waals surface area contributed by atoms with Gasteiger partial charge in [0.25, 0.3) is 0 Å². The predicted molar refractivity (Wildman–Crippen MR) is 57.5 cm³/mol. The van der Waals surface area contributed by atoms with Gasteiger partial charge in [-0.05, 0) is 37.1 Å². The Morgan fingerprint density at radius 3 is 2.40 bits per heavy atom. The van der Waals surface area contributed by atoms with Crippen LogP contribution in [0.3, 0.4) is 0 Å². The van der Waals surface area contributed by atoms with Crippen LogP contribution >= 0.6 is 0 Å². The van der Waals surface area contributed by atoms with E-state index in [0.29, 0.717) is 6.54 Å². The fourth-order valence-corrected chi connectivity index (χ4v) is 1.67. The molecule has 0 bridgehead atoms. The molecule has 0 heterocycles. The minimum atomic E-state index is -0.750. The molecule has 0 spiro atoms. The summed E-state index contributed by atoms with van der Waals surface area (Å²) in [7, 11) is 0. The summed E-state index contributed by atoms with van der Waals surface area (Å²) in [6.45, 7) is 2.70. The number of azide groups is 1. The van der Waals surface area contributed by atoms with Gasteiger partial charge in [0.05, 0.1) is 0 Å². The molecule has 0 amide bonds. The van der Waals surface area contributed by atoms with Crippen molar-refractivity contribution in [1.29, 1.82) is 0 Å². The van der Waals surface area contributed by atoms with Gasteiger partial charge in [-0.3, -0.25) is 0 Å². The Hall–Kier alpha value is -0.910. The Morgan fingerprint density at radius 2 is 2.00 bits per heavy atom. The van der Waals surface area contributed by atoms with Gasteiger partial charge in [0.1, 0.15) is 0 Å². The molecular formula is C8H16N4O2S. The van der Waals surface area contributed by atoms with Gasteiger partial charge < -0.3 is 5.73 Å². The lowest BCUT2D eigenvalue weighted by Gasteiger charge is -2.34. The third kappa shape index (κ3) is 6.22. The van der Waals surface area contributed by atoms with Crippen molar-refractivity contribution in [2.45, 2.75) is 38.1 Å². The van der Waals surface area contributed by atoms with Crippen molar-refractivity contribution in [3.05, 3.63) is 10.4 Å². The van der Waals surface area contributed by atoms with Gasteiger partial charge in [-0.2, -0.15) is 8.42 Å². The molecule has 1 rings (SSSR count). The number of hydrogen-bond donors (Lipinski definition) is 1. The molecule has 1 aliphatic rings. The molecule has 0 unspecified atom stereocenters. The number of rotatable bonds is 2. The predicted octanol–water partition coefficient (Wildman–Crippen LogP) is 1.53. The van der Waals surface area contributed by atoms with Crippen molar-refractivity contribution in [2.24, 2.45) is 16.8 Å². The van der Waals surface area contributed by atoms with Crippen LogP contribution in [0.1, 0.15) is 32.6 Å². The minimum Gasteiger partial charge on any atom is -0.325 e. The molecule has 0 aromatic heterocycles. The van der Waals surface area contributed by atoms with E-state index in [2.05, 4.69) is 16.9 Å². The average Bonchev–Trinajstić information content (AvgIpc) is 2.22. The first-order valence-corrected chi connectivity index (χ1v) is 5.46. The van der Waals surface area contributed by atoms with Crippen molar-refractivity contribution in [1.82, 2.24) is 0 Å². The van der Waals surface area contributed by atoms with E-state index in [1.54, 1.807) is 0 Å². The molecule has 2 N–H and O–H groups in total. The molecule has 0 saturated heterocycles. The largest absolute Gasteiger partial charge is 0.335 e. The monoisotopic (exact) mass is 232 g/mol. The van der Waals surface area contributed by atoms with E-state index in [0.717, 1.165) is 31.6 Å². The van der Waals surface area contributed by atoms with Crippen LogP contribution in [0.15, 0.2) is 5.11 Å². The Labute approximate surface area is 92.5 Å². The number of nitrogens with zero attached hydrogens (tertiary/aromatic N) is 3. The van der Waals surface area contributed by atoms with Gasteiger partial charge in [0.2, 0.25) is 0 Å². The van der Waals surface area contributed by atoms with Crippen LogP contribution in [0.5, 0.6) is 0 Å². The Kier molecular flexibility index (Phi) is 6.94. The van der Waals surface area contributed by atoms with E-state index in [1.165, 1.54) is 0 Å². The average molecular weight is 232 g/mol. The second kappa shape index (κ2) is 7.39. The molecule has 6 nitrogen and oxygen atoms in total. The van der Waals surface area contributed by atoms with E-state index in [4.69, 9.17) is 19.7 Å². The quantitative estimate of drug-likeness (QED) is 0.443. The summed E-state index contributed by atoms with van der Waals surface area (Å²) in [5.74, 6) is 0.785. The minimum absolute atomic E-state index is 0.210. The molecule has 1 aliphatic carbocycles. The first-order chi connectivity index (χ1) is 7.08. The smallest absolute Gasteiger partial charge is 0.325 e. The van der Waals surface area contributed by atoms with Gasteiger partial charge in [-0.1, -0.05) is 12.0 Å². The van der Waals surface area contributed by atoms with Crippen LogP contribution in [0.2, 0.25) is 0 Å². The summed E-state index contributed by atoms with van der Waals surface area (Å²) >= 11 is -0.750. The van der Waals surface area contributed by atoms with Crippen LogP contribution in [-0.2, 0) is 11.6 Å². The first kappa shape index (κ1) is 14.1. The van der Waals surface area contributed by atoms with Crippen LogP contribution in [0.4, 0.5) is 0 Å². The fourth-order valence-electron chi connectivity index (χ4n) is 1.67. The summed E-state index contributed by atoms with van der Waals surface area (Å²) < 4.78 is 16.6. The van der Waals surface area contributed by atoms with Gasteiger partial charge in [0.15, 0.2) is 0 Å². The van der Waals surface area contributed by atoms with Crippen molar-refractivity contribution in [2.75, 3.05) is 6.54 Å². The highest BCUT2D eigenvalue weighted by Gasteiger charge is 2.29. The lowest BCUT2D eigenvalue weighted by molar-refractivity contribution is 0.251. The maximum Gasteiger partial charge on any atom is 0.335 e. The van der Waals surface area contributed by atoms with Crippen molar-refractivity contribution in [3.63, 3.8) is 0 Å². The van der Waals surface area contributed by atoms with Crippen LogP contribution in [-0.4, -0.2) is 20.5 Å². The lowest BCUT2D eigenvalue weighted by Crippen LogP contribution is -2.45. The molecule has 0 aromatic rings. The third-order valence-corrected chi connectivity index (χ3v) is 2.72. The third-order valence-electron chi connectivity index (χ3n) is 2.72. The summed E-state index contributed by atoms with van der Waals surface area (Å²) in [6, 6.07) is 0. The highest BCUT2D eigenvalue weighted by Crippen LogP contribution is 2.30. The van der Waals surface area contributed by atoms with E-state index in [9.17, 15) is 0 Å². The zero-order valence-electron chi connectivity index (χ0n) is 8.76. The SMILES string of the molecule is CC1CCC(N)(CN=[N+]=[N-])CC1.O=S=O. The molecule has 86 valence electrons. The van der Waals surface area contributed by atoms with Crippen molar-refractivity contribution in [3.8, 4) is 0 Å². The number of hydrogen-bond acceptors (Lipinski definition) is 4. The molecule has 0 atom stereocenters. The second-order valence-corrected chi connectivity index (χ2v) is 4.14. The standard InChI is InChI=1S/C8H16N4.O2S/c1-7-2-4-8(9,5-3-7)6-11-12-10;1-3-2/h7H,2-6,9H2,1H3;. The molecule has 0 aromatic carbocycles. The zero-order valence-corrected chi connectivity index (χ0v) is 9.57. The molecule has 0 aliphatic heterocycles. The Balaban J connectivity index is 0.000000583. The van der Waals surface area contributed by atoms with Gasteiger partial charge in [-0.25, -0.2) is 0 Å². The molecule has 1 saturated carbocycles. The first-order valence-electron chi connectivity index (χ1n) is 4.79. The maximum atomic E-state index is 8.29. The van der Waals surface area contributed by atoms with Crippen LogP contribution in [0, 0.1) is 5.92 Å². The summed E-state index contributed by atoms with van der Waals surface area (Å²) in [6.07, 6.45) is 4.31. The molecular weight excluding hydrogens is 216 g/mol. The summed E-state index contributed by atoms with van der Waals surface area (Å²) in [4.78, 5) is 2.74. The van der Waals surface area contributed by atoms with E-state index in [1.807, 2.05) is 0 Å². The summed E-state index contributed by atoms with van der Waals surface area (Å²) in [5.41, 5.74) is 14.0. The van der Waals surface area contributed by atoms with E-state index in [-0.39, 0.29) is 5.54 Å². The van der Waals surface area contributed by atoms with Crippen LogP contribution in [0.25, 0.3) is 10.4 Å². The molecule has 1 fully saturated rings. The van der Waals surface area contributed by atoms with Crippen molar-refractivity contribution < 1.29 is 8.42 Å². The maximum absolute atomic E-state index is 8.29. The van der Waals surface area contributed by atoms with Crippen LogP contribution < -0.4 is 5.73 Å². The van der Waals surface area contributed by atoms with Crippen molar-refractivity contribution >= 4 is 11.6 Å². The highest BCUT2D eigenvalue weighted by atomic mass is 32.1. The van der Waals surface area contributed by atoms with Gasteiger partial charge in [0, 0.05) is 17.0 Å². The molecule has 0 radical (unpaired) electrons. The summed E-state index contributed by atoms with van der Waals surface area (Å²) in [5, 5.41) is 3.55. The lowest BCUT2D eigenvalue weighted by atomic mass is 9.78. The molecule has 7 heteroatoms. The number of nitrogens with two attached hydrogens (primary N) is 1. The zero-order chi connectivity index (χ0) is 11.7. The van der Waals surface area contributed by atoms with E-state index >= 15 is 0 Å². The fraction of sp³-hybridized carbons (Fsp3) is 1.00. The Bertz CT molecular complexity index is 264. The molecule has 15 heavy (non-hydrogen) atoms. The van der Waals surface area contributed by atoms with Gasteiger partial charge >= 0.3 is 11.6 Å². The topological polar surface area (TPSA) is 109 Å². The second-order valence-electron chi connectivity index (χ2n) is 4.00. The highest BCUT2D eigenvalue weighted by molar-refractivity contribution is 7.51. The Morgan fingerprint density at radius 1 is 1.53 bits per heavy atom.